The highest BCUT2D eigenvalue weighted by Gasteiger charge is 2.37. The molecule has 1 unspecified atom stereocenters. The van der Waals surface area contributed by atoms with E-state index in [1.807, 2.05) is 53.4 Å². The fraction of sp³-hybridized carbons (Fsp3) is 0.188. The summed E-state index contributed by atoms with van der Waals surface area (Å²) in [5.41, 5.74) is 7.72. The van der Waals surface area contributed by atoms with Crippen molar-refractivity contribution in [1.82, 2.24) is 0 Å². The van der Waals surface area contributed by atoms with Gasteiger partial charge < -0.3 is 14.4 Å². The molecule has 0 bridgehead atoms. The molecular formula is C32H29NO4. The Labute approximate surface area is 217 Å². The second-order valence-corrected chi connectivity index (χ2v) is 9.10. The normalized spacial score (nSPS) is 14.3. The maximum absolute atomic E-state index is 13.2. The predicted molar refractivity (Wildman–Crippen MR) is 144 cm³/mol. The third-order valence-corrected chi connectivity index (χ3v) is 7.01. The van der Waals surface area contributed by atoms with E-state index in [1.165, 1.54) is 30.9 Å². The van der Waals surface area contributed by atoms with Crippen molar-refractivity contribution in [3.63, 3.8) is 0 Å². The summed E-state index contributed by atoms with van der Waals surface area (Å²) < 4.78 is 10.2. The molecule has 0 radical (unpaired) electrons. The minimum Gasteiger partial charge on any atom is -0.469 e. The van der Waals surface area contributed by atoms with Crippen molar-refractivity contribution in [3.05, 3.63) is 125 Å². The monoisotopic (exact) mass is 491 g/mol. The maximum Gasteiger partial charge on any atom is 0.329 e. The van der Waals surface area contributed by atoms with Gasteiger partial charge in [0.25, 0.3) is 0 Å². The molecule has 1 aliphatic rings. The van der Waals surface area contributed by atoms with E-state index < -0.39 is 18.0 Å². The maximum atomic E-state index is 13.2. The number of benzene rings is 4. The molecule has 0 fully saturated rings. The van der Waals surface area contributed by atoms with Crippen LogP contribution in [0.25, 0.3) is 11.1 Å². The van der Waals surface area contributed by atoms with Gasteiger partial charge in [0.05, 0.1) is 20.6 Å². The molecule has 5 heteroatoms. The van der Waals surface area contributed by atoms with Crippen LogP contribution >= 0.6 is 0 Å². The molecule has 5 rings (SSSR count). The summed E-state index contributed by atoms with van der Waals surface area (Å²) in [6, 6.07) is 34.1. The van der Waals surface area contributed by atoms with E-state index in [2.05, 4.69) is 54.6 Å². The summed E-state index contributed by atoms with van der Waals surface area (Å²) in [5.74, 6) is -0.965. The van der Waals surface area contributed by atoms with Crippen LogP contribution in [0.1, 0.15) is 34.6 Å². The number of hydrogen-bond acceptors (Lipinski definition) is 5. The van der Waals surface area contributed by atoms with Crippen molar-refractivity contribution < 1.29 is 19.1 Å². The average molecular weight is 492 g/mol. The molecule has 0 saturated carbocycles. The zero-order chi connectivity index (χ0) is 25.8. The van der Waals surface area contributed by atoms with Gasteiger partial charge in [-0.25, -0.2) is 4.79 Å². The second-order valence-electron chi connectivity index (χ2n) is 9.10. The lowest BCUT2D eigenvalue weighted by Crippen LogP contribution is -2.44. The Morgan fingerprint density at radius 3 is 2.11 bits per heavy atom. The first-order chi connectivity index (χ1) is 18.1. The van der Waals surface area contributed by atoms with E-state index in [0.717, 1.165) is 22.4 Å². The van der Waals surface area contributed by atoms with E-state index in [-0.39, 0.29) is 12.3 Å². The standard InChI is InChI=1S/C32H29NO4/c1-36-29(34)20-28(32(35)37-2)33(21-22-12-5-3-6-13-22)27-19-11-18-26-24-16-9-10-17-25(24)30(31(26)27)23-14-7-4-8-15-23/h3-19,28,30H,20-21H2,1-2H3/t28-,30?/m0/s1. The van der Waals surface area contributed by atoms with Crippen LogP contribution in [-0.2, 0) is 25.6 Å². The van der Waals surface area contributed by atoms with Gasteiger partial charge in [-0.1, -0.05) is 97.1 Å². The van der Waals surface area contributed by atoms with E-state index in [1.54, 1.807) is 0 Å². The Morgan fingerprint density at radius 2 is 1.41 bits per heavy atom. The number of fused-ring (bicyclic) bond motifs is 3. The average Bonchev–Trinajstić information content (AvgIpc) is 3.30. The van der Waals surface area contributed by atoms with Crippen molar-refractivity contribution in [3.8, 4) is 11.1 Å². The molecule has 0 N–H and O–H groups in total. The van der Waals surface area contributed by atoms with Crippen LogP contribution in [-0.4, -0.2) is 32.2 Å². The van der Waals surface area contributed by atoms with Crippen molar-refractivity contribution in [2.24, 2.45) is 0 Å². The Bertz CT molecular complexity index is 1400. The third-order valence-electron chi connectivity index (χ3n) is 7.01. The Morgan fingerprint density at radius 1 is 0.757 bits per heavy atom. The van der Waals surface area contributed by atoms with Crippen LogP contribution in [0.3, 0.4) is 0 Å². The molecule has 4 aromatic carbocycles. The van der Waals surface area contributed by atoms with Crippen molar-refractivity contribution in [2.45, 2.75) is 24.9 Å². The molecule has 0 aliphatic heterocycles. The van der Waals surface area contributed by atoms with Crippen LogP contribution in [0.2, 0.25) is 0 Å². The summed E-state index contributed by atoms with van der Waals surface area (Å²) >= 11 is 0. The van der Waals surface area contributed by atoms with Crippen molar-refractivity contribution in [1.29, 1.82) is 0 Å². The van der Waals surface area contributed by atoms with Gasteiger partial charge in [-0.2, -0.15) is 0 Å². The fourth-order valence-electron chi connectivity index (χ4n) is 5.32. The third kappa shape index (κ3) is 4.73. The molecule has 0 heterocycles. The molecular weight excluding hydrogens is 462 g/mol. The molecule has 0 saturated heterocycles. The lowest BCUT2D eigenvalue weighted by molar-refractivity contribution is -0.148. The van der Waals surface area contributed by atoms with Gasteiger partial charge in [-0.05, 0) is 39.4 Å². The summed E-state index contributed by atoms with van der Waals surface area (Å²) in [6.45, 7) is 0.423. The van der Waals surface area contributed by atoms with Crippen LogP contribution in [0.15, 0.2) is 103 Å². The van der Waals surface area contributed by atoms with Crippen molar-refractivity contribution >= 4 is 17.6 Å². The number of ether oxygens (including phenoxy) is 2. The summed E-state index contributed by atoms with van der Waals surface area (Å²) in [6.07, 6.45) is -0.122. The number of methoxy groups -OCH3 is 2. The summed E-state index contributed by atoms with van der Waals surface area (Å²) in [7, 11) is 2.69. The topological polar surface area (TPSA) is 55.8 Å². The molecule has 186 valence electrons. The molecule has 5 nitrogen and oxygen atoms in total. The first kappa shape index (κ1) is 24.3. The number of anilines is 1. The quantitative estimate of drug-likeness (QED) is 0.251. The SMILES string of the molecule is COC(=O)C[C@@H](C(=O)OC)N(Cc1ccccc1)c1cccc2c1C(c1ccccc1)c1ccccc1-2. The predicted octanol–water partition coefficient (Wildman–Crippen LogP) is 5.96. The zero-order valence-electron chi connectivity index (χ0n) is 21.0. The molecule has 2 atom stereocenters. The highest BCUT2D eigenvalue weighted by molar-refractivity contribution is 5.90. The minimum atomic E-state index is -0.857. The first-order valence-corrected chi connectivity index (χ1v) is 12.3. The molecule has 37 heavy (non-hydrogen) atoms. The number of nitrogens with zero attached hydrogens (tertiary/aromatic N) is 1. The summed E-state index contributed by atoms with van der Waals surface area (Å²) in [4.78, 5) is 27.6. The highest BCUT2D eigenvalue weighted by Crippen LogP contribution is 2.52. The van der Waals surface area contributed by atoms with Gasteiger partial charge in [-0.3, -0.25) is 4.79 Å². The van der Waals surface area contributed by atoms with Gasteiger partial charge in [0.2, 0.25) is 0 Å². The number of carbonyl (C=O) groups excluding carboxylic acids is 2. The Kier molecular flexibility index (Phi) is 7.04. The van der Waals surface area contributed by atoms with Crippen LogP contribution in [0.4, 0.5) is 5.69 Å². The zero-order valence-corrected chi connectivity index (χ0v) is 21.0. The van der Waals surface area contributed by atoms with E-state index in [0.29, 0.717) is 6.54 Å². The Balaban J connectivity index is 1.72. The number of carbonyl (C=O) groups is 2. The molecule has 0 amide bonds. The number of hydrogen-bond donors (Lipinski definition) is 0. The second kappa shape index (κ2) is 10.7. The number of rotatable bonds is 8. The van der Waals surface area contributed by atoms with E-state index in [4.69, 9.17) is 9.47 Å². The molecule has 1 aliphatic carbocycles. The minimum absolute atomic E-state index is 0.0155. The van der Waals surface area contributed by atoms with Gasteiger partial charge in [0.1, 0.15) is 6.04 Å². The van der Waals surface area contributed by atoms with Gasteiger partial charge >= 0.3 is 11.9 Å². The summed E-state index contributed by atoms with van der Waals surface area (Å²) in [5, 5.41) is 0. The first-order valence-electron chi connectivity index (χ1n) is 12.3. The smallest absolute Gasteiger partial charge is 0.329 e. The lowest BCUT2D eigenvalue weighted by Gasteiger charge is -2.34. The highest BCUT2D eigenvalue weighted by atomic mass is 16.5. The van der Waals surface area contributed by atoms with Gasteiger partial charge in [-0.15, -0.1) is 0 Å². The largest absolute Gasteiger partial charge is 0.469 e. The van der Waals surface area contributed by atoms with Crippen LogP contribution in [0.5, 0.6) is 0 Å². The van der Waals surface area contributed by atoms with Gasteiger partial charge in [0.15, 0.2) is 0 Å². The Hall–Kier alpha value is -4.38. The van der Waals surface area contributed by atoms with E-state index >= 15 is 0 Å². The lowest BCUT2D eigenvalue weighted by atomic mass is 9.88. The molecule has 0 aromatic heterocycles. The number of esters is 2. The van der Waals surface area contributed by atoms with Gasteiger partial charge in [0, 0.05) is 18.2 Å². The fourth-order valence-corrected chi connectivity index (χ4v) is 5.32. The van der Waals surface area contributed by atoms with Crippen LogP contribution < -0.4 is 4.90 Å². The molecule has 0 spiro atoms. The van der Waals surface area contributed by atoms with Crippen molar-refractivity contribution in [2.75, 3.05) is 19.1 Å². The van der Waals surface area contributed by atoms with Crippen LogP contribution in [0, 0.1) is 0 Å². The van der Waals surface area contributed by atoms with E-state index in [9.17, 15) is 9.59 Å². The molecule has 4 aromatic rings.